The lowest BCUT2D eigenvalue weighted by atomic mass is 9.94. The summed E-state index contributed by atoms with van der Waals surface area (Å²) in [7, 11) is 0. The van der Waals surface area contributed by atoms with Crippen LogP contribution in [0.25, 0.3) is 0 Å². The Morgan fingerprint density at radius 1 is 1.35 bits per heavy atom. The molecule has 0 fully saturated rings. The molecule has 1 rings (SSSR count). The molecule has 0 amide bonds. The molecule has 0 bridgehead atoms. The molecule has 1 atom stereocenters. The van der Waals surface area contributed by atoms with Crippen LogP contribution in [0.3, 0.4) is 0 Å². The Kier molecular flexibility index (Phi) is 3.94. The Morgan fingerprint density at radius 2 is 1.94 bits per heavy atom. The van der Waals surface area contributed by atoms with Gasteiger partial charge in [0.25, 0.3) is 0 Å². The first-order valence-electron chi connectivity index (χ1n) is 4.92. The second-order valence-electron chi connectivity index (χ2n) is 3.64. The summed E-state index contributed by atoms with van der Waals surface area (Å²) in [6, 6.07) is 3.77. The smallest absolute Gasteiger partial charge is 0.421 e. The molecule has 0 saturated carbocycles. The van der Waals surface area contributed by atoms with E-state index in [4.69, 9.17) is 16.3 Å². The monoisotopic (exact) mass is 268 g/mol. The minimum atomic E-state index is -4.80. The van der Waals surface area contributed by atoms with E-state index >= 15 is 0 Å². The fourth-order valence-corrected chi connectivity index (χ4v) is 1.49. The maximum atomic E-state index is 12.7. The predicted molar refractivity (Wildman–Crippen MR) is 58.2 cm³/mol. The third-order valence-electron chi connectivity index (χ3n) is 2.32. The fraction of sp³-hybridized carbons (Fsp3) is 0.455. The molecule has 2 nitrogen and oxygen atoms in total. The van der Waals surface area contributed by atoms with Crippen LogP contribution in [-0.2, 0) is 5.60 Å². The summed E-state index contributed by atoms with van der Waals surface area (Å²) in [5.74, 6) is -0.0285. The van der Waals surface area contributed by atoms with E-state index in [1.54, 1.807) is 6.92 Å². The van der Waals surface area contributed by atoms with Gasteiger partial charge < -0.3 is 9.84 Å². The molecule has 0 radical (unpaired) electrons. The van der Waals surface area contributed by atoms with E-state index in [1.165, 1.54) is 12.1 Å². The molecule has 0 aliphatic carbocycles. The quantitative estimate of drug-likeness (QED) is 0.909. The Hall–Kier alpha value is -0.940. The van der Waals surface area contributed by atoms with Crippen molar-refractivity contribution in [2.24, 2.45) is 0 Å². The average Bonchev–Trinajstić information content (AvgIpc) is 2.19. The number of rotatable bonds is 3. The van der Waals surface area contributed by atoms with E-state index < -0.39 is 11.8 Å². The van der Waals surface area contributed by atoms with Crippen LogP contribution in [0.4, 0.5) is 13.2 Å². The Bertz CT molecular complexity index is 402. The Labute approximate surface area is 102 Å². The summed E-state index contributed by atoms with van der Waals surface area (Å²) in [6.07, 6.45) is -4.80. The van der Waals surface area contributed by atoms with Gasteiger partial charge in [0.15, 0.2) is 5.60 Å². The summed E-state index contributed by atoms with van der Waals surface area (Å²) in [6.45, 7) is 2.50. The highest BCUT2D eigenvalue weighted by atomic mass is 35.5. The van der Waals surface area contributed by atoms with Gasteiger partial charge in [0.2, 0.25) is 0 Å². The van der Waals surface area contributed by atoms with Crippen LogP contribution in [0, 0.1) is 0 Å². The number of hydrogen-bond acceptors (Lipinski definition) is 2. The topological polar surface area (TPSA) is 29.5 Å². The van der Waals surface area contributed by atoms with E-state index in [0.29, 0.717) is 6.92 Å². The van der Waals surface area contributed by atoms with Crippen molar-refractivity contribution in [3.8, 4) is 5.75 Å². The number of benzene rings is 1. The molecule has 6 heteroatoms. The van der Waals surface area contributed by atoms with E-state index in [0.717, 1.165) is 6.07 Å². The van der Waals surface area contributed by atoms with Gasteiger partial charge in [-0.3, -0.25) is 0 Å². The van der Waals surface area contributed by atoms with Crippen molar-refractivity contribution in [3.05, 3.63) is 28.8 Å². The van der Waals surface area contributed by atoms with Crippen molar-refractivity contribution < 1.29 is 23.0 Å². The van der Waals surface area contributed by atoms with Gasteiger partial charge in [0.1, 0.15) is 5.75 Å². The zero-order valence-corrected chi connectivity index (χ0v) is 10.1. The van der Waals surface area contributed by atoms with Crippen LogP contribution in [0.2, 0.25) is 5.02 Å². The normalized spacial score (nSPS) is 15.5. The first kappa shape index (κ1) is 14.1. The maximum absolute atomic E-state index is 12.7. The van der Waals surface area contributed by atoms with E-state index in [9.17, 15) is 18.3 Å². The highest BCUT2D eigenvalue weighted by molar-refractivity contribution is 6.30. The highest BCUT2D eigenvalue weighted by Crippen LogP contribution is 2.43. The molecule has 96 valence electrons. The molecule has 0 spiro atoms. The van der Waals surface area contributed by atoms with Crippen LogP contribution in [0.1, 0.15) is 19.4 Å². The number of ether oxygens (including phenoxy) is 1. The van der Waals surface area contributed by atoms with Crippen LogP contribution in [0.5, 0.6) is 5.75 Å². The molecule has 0 saturated heterocycles. The van der Waals surface area contributed by atoms with E-state index in [2.05, 4.69) is 0 Å². The van der Waals surface area contributed by atoms with Crippen molar-refractivity contribution in [1.82, 2.24) is 0 Å². The lowest BCUT2D eigenvalue weighted by Gasteiger charge is -2.28. The molecule has 1 N–H and O–H groups in total. The van der Waals surface area contributed by atoms with Crippen LogP contribution in [0.15, 0.2) is 18.2 Å². The first-order chi connectivity index (χ1) is 7.70. The predicted octanol–water partition coefficient (Wildman–Crippen LogP) is 3.51. The molecule has 0 aromatic heterocycles. The minimum absolute atomic E-state index is 0.0285. The van der Waals surface area contributed by atoms with Crippen LogP contribution in [-0.4, -0.2) is 17.9 Å². The second kappa shape index (κ2) is 4.74. The van der Waals surface area contributed by atoms with Crippen molar-refractivity contribution in [3.63, 3.8) is 0 Å². The van der Waals surface area contributed by atoms with Crippen molar-refractivity contribution in [1.29, 1.82) is 0 Å². The molecular weight excluding hydrogens is 257 g/mol. The molecule has 1 unspecified atom stereocenters. The molecular formula is C11H12ClF3O2. The number of aliphatic hydroxyl groups is 1. The summed E-state index contributed by atoms with van der Waals surface area (Å²) < 4.78 is 43.2. The standard InChI is InChI=1S/C11H12ClF3O2/c1-3-17-9-5-4-7(12)6-8(9)10(2,16)11(13,14)15/h4-6,16H,3H2,1-2H3. The SMILES string of the molecule is CCOc1ccc(Cl)cc1C(C)(O)C(F)(F)F. The van der Waals surface area contributed by atoms with Gasteiger partial charge in [-0.05, 0) is 32.0 Å². The lowest BCUT2D eigenvalue weighted by Crippen LogP contribution is -2.39. The van der Waals surface area contributed by atoms with Crippen molar-refractivity contribution in [2.75, 3.05) is 6.61 Å². The fourth-order valence-electron chi connectivity index (χ4n) is 1.32. The van der Waals surface area contributed by atoms with Gasteiger partial charge in [0, 0.05) is 10.6 Å². The lowest BCUT2D eigenvalue weighted by molar-refractivity contribution is -0.259. The number of hydrogen-bond donors (Lipinski definition) is 1. The van der Waals surface area contributed by atoms with Gasteiger partial charge in [-0.2, -0.15) is 13.2 Å². The van der Waals surface area contributed by atoms with Crippen molar-refractivity contribution in [2.45, 2.75) is 25.6 Å². The zero-order chi connectivity index (χ0) is 13.3. The summed E-state index contributed by atoms with van der Waals surface area (Å²) in [4.78, 5) is 0. The third kappa shape index (κ3) is 2.84. The average molecular weight is 269 g/mol. The molecule has 0 heterocycles. The molecule has 1 aromatic rings. The van der Waals surface area contributed by atoms with E-state index in [1.807, 2.05) is 0 Å². The van der Waals surface area contributed by atoms with Crippen LogP contribution < -0.4 is 4.74 Å². The summed E-state index contributed by atoms with van der Waals surface area (Å²) in [5.41, 5.74) is -3.39. The molecule has 0 aliphatic heterocycles. The van der Waals surface area contributed by atoms with E-state index in [-0.39, 0.29) is 22.9 Å². The van der Waals surface area contributed by atoms with Gasteiger partial charge in [-0.25, -0.2) is 0 Å². The minimum Gasteiger partial charge on any atom is -0.493 e. The van der Waals surface area contributed by atoms with Gasteiger partial charge in [-0.1, -0.05) is 11.6 Å². The third-order valence-corrected chi connectivity index (χ3v) is 2.55. The van der Waals surface area contributed by atoms with Gasteiger partial charge >= 0.3 is 6.18 Å². The number of alkyl halides is 3. The van der Waals surface area contributed by atoms with Gasteiger partial charge in [0.05, 0.1) is 6.61 Å². The summed E-state index contributed by atoms with van der Waals surface area (Å²) >= 11 is 5.64. The zero-order valence-electron chi connectivity index (χ0n) is 9.31. The van der Waals surface area contributed by atoms with Crippen LogP contribution >= 0.6 is 11.6 Å². The number of halogens is 4. The highest BCUT2D eigenvalue weighted by Gasteiger charge is 2.52. The van der Waals surface area contributed by atoms with Gasteiger partial charge in [-0.15, -0.1) is 0 Å². The molecule has 1 aromatic carbocycles. The largest absolute Gasteiger partial charge is 0.493 e. The summed E-state index contributed by atoms with van der Waals surface area (Å²) in [5, 5.41) is 9.70. The second-order valence-corrected chi connectivity index (χ2v) is 4.08. The Balaban J connectivity index is 3.32. The molecule has 0 aliphatic rings. The van der Waals surface area contributed by atoms with Crippen molar-refractivity contribution >= 4 is 11.6 Å². The maximum Gasteiger partial charge on any atom is 0.421 e. The Morgan fingerprint density at radius 3 is 2.41 bits per heavy atom. The molecule has 17 heavy (non-hydrogen) atoms. The first-order valence-corrected chi connectivity index (χ1v) is 5.30.